The fourth-order valence-corrected chi connectivity index (χ4v) is 4.19. The van der Waals surface area contributed by atoms with Gasteiger partial charge in [-0.1, -0.05) is 23.7 Å². The number of nitrogens with zero attached hydrogens (tertiary/aromatic N) is 3. The number of halogens is 1. The first-order valence-corrected chi connectivity index (χ1v) is 10.5. The summed E-state index contributed by atoms with van der Waals surface area (Å²) in [4.78, 5) is 20.7. The highest BCUT2D eigenvalue weighted by atomic mass is 35.5. The van der Waals surface area contributed by atoms with Crippen molar-refractivity contribution in [1.29, 1.82) is 0 Å². The lowest BCUT2D eigenvalue weighted by molar-refractivity contribution is 0.425. The van der Waals surface area contributed by atoms with Gasteiger partial charge in [-0.25, -0.2) is 4.98 Å². The van der Waals surface area contributed by atoms with Gasteiger partial charge in [-0.05, 0) is 62.1 Å². The molecule has 7 heteroatoms. The molecule has 0 spiro atoms. The zero-order valence-electron chi connectivity index (χ0n) is 16.2. The van der Waals surface area contributed by atoms with E-state index in [1.54, 1.807) is 10.9 Å². The van der Waals surface area contributed by atoms with Crippen LogP contribution in [0.5, 0.6) is 0 Å². The van der Waals surface area contributed by atoms with Crippen LogP contribution in [0.3, 0.4) is 0 Å². The summed E-state index contributed by atoms with van der Waals surface area (Å²) in [6, 6.07) is 17.4. The highest BCUT2D eigenvalue weighted by Gasteiger charge is 2.11. The number of aromatic nitrogens is 2. The number of benzene rings is 2. The molecule has 0 unspecified atom stereocenters. The number of fused-ring (bicyclic) bond motifs is 1. The van der Waals surface area contributed by atoms with Gasteiger partial charge in [0.1, 0.15) is 11.0 Å². The summed E-state index contributed by atoms with van der Waals surface area (Å²) in [5.74, 6) is 0. The molecular weight excluding hydrogens is 404 g/mol. The average molecular weight is 425 g/mol. The maximum Gasteiger partial charge on any atom is 0.275 e. The van der Waals surface area contributed by atoms with E-state index >= 15 is 0 Å². The van der Waals surface area contributed by atoms with E-state index in [0.29, 0.717) is 15.2 Å². The van der Waals surface area contributed by atoms with Crippen molar-refractivity contribution in [2.24, 2.45) is 0 Å². The van der Waals surface area contributed by atoms with Crippen LogP contribution < -0.4 is 10.9 Å². The van der Waals surface area contributed by atoms with Gasteiger partial charge in [-0.2, -0.15) is 0 Å². The summed E-state index contributed by atoms with van der Waals surface area (Å²) < 4.78 is 2.24. The number of thiophene rings is 1. The summed E-state index contributed by atoms with van der Waals surface area (Å²) in [6.07, 6.45) is 1.59. The van der Waals surface area contributed by atoms with Crippen molar-refractivity contribution in [3.05, 3.63) is 76.3 Å². The van der Waals surface area contributed by atoms with Crippen molar-refractivity contribution < 1.29 is 0 Å². The van der Waals surface area contributed by atoms with Gasteiger partial charge in [0, 0.05) is 28.7 Å². The van der Waals surface area contributed by atoms with Crippen LogP contribution in [0.2, 0.25) is 5.02 Å². The van der Waals surface area contributed by atoms with Crippen molar-refractivity contribution in [3.8, 4) is 16.1 Å². The molecule has 0 aliphatic heterocycles. The van der Waals surface area contributed by atoms with E-state index in [0.717, 1.165) is 34.9 Å². The molecule has 0 saturated heterocycles. The van der Waals surface area contributed by atoms with Crippen LogP contribution >= 0.6 is 22.9 Å². The summed E-state index contributed by atoms with van der Waals surface area (Å²) in [5.41, 5.74) is 3.50. The van der Waals surface area contributed by atoms with Crippen LogP contribution in [-0.4, -0.2) is 41.6 Å². The van der Waals surface area contributed by atoms with Gasteiger partial charge in [0.2, 0.25) is 0 Å². The number of likely N-dealkylation sites (N-methyl/N-ethyl adjacent to an activating group) is 1. The third-order valence-electron chi connectivity index (χ3n) is 4.60. The van der Waals surface area contributed by atoms with Crippen molar-refractivity contribution in [3.63, 3.8) is 0 Å². The van der Waals surface area contributed by atoms with Gasteiger partial charge >= 0.3 is 0 Å². The molecule has 0 aliphatic carbocycles. The Morgan fingerprint density at radius 3 is 2.52 bits per heavy atom. The molecule has 1 N–H and O–H groups in total. The number of nitrogens with one attached hydrogen (secondary N) is 1. The Bertz CT molecular complexity index is 1180. The average Bonchev–Trinajstić information content (AvgIpc) is 3.15. The Morgan fingerprint density at radius 2 is 1.83 bits per heavy atom. The molecule has 2 heterocycles. The molecule has 4 rings (SSSR count). The molecule has 4 aromatic rings. The van der Waals surface area contributed by atoms with Crippen LogP contribution in [0, 0.1) is 0 Å². The van der Waals surface area contributed by atoms with Gasteiger partial charge in [-0.3, -0.25) is 9.36 Å². The third kappa shape index (κ3) is 4.34. The fourth-order valence-electron chi connectivity index (χ4n) is 3.02. The normalized spacial score (nSPS) is 11.3. The number of hydrogen-bond acceptors (Lipinski definition) is 5. The first-order chi connectivity index (χ1) is 14.0. The molecule has 0 radical (unpaired) electrons. The van der Waals surface area contributed by atoms with Crippen molar-refractivity contribution in [2.75, 3.05) is 32.5 Å². The Hall–Kier alpha value is -2.67. The number of hydrogen-bond donors (Lipinski definition) is 1. The maximum atomic E-state index is 13.1. The van der Waals surface area contributed by atoms with Gasteiger partial charge in [0.15, 0.2) is 0 Å². The lowest BCUT2D eigenvalue weighted by Crippen LogP contribution is -2.21. The standard InChI is InChI=1S/C22H21ClN4OS/c1-26(2)12-11-24-17-7-9-18(10-8-17)27-14-25-19-13-20(29-21(19)22(27)28)15-3-5-16(23)6-4-15/h3-10,13-14,24H,11-12H2,1-2H3. The molecular formula is C22H21ClN4OS. The molecule has 0 bridgehead atoms. The first kappa shape index (κ1) is 19.6. The minimum Gasteiger partial charge on any atom is -0.384 e. The van der Waals surface area contributed by atoms with Crippen LogP contribution in [0.15, 0.2) is 65.7 Å². The van der Waals surface area contributed by atoms with Crippen LogP contribution in [0.25, 0.3) is 26.3 Å². The van der Waals surface area contributed by atoms with Gasteiger partial charge in [0.05, 0.1) is 11.2 Å². The second-order valence-corrected chi connectivity index (χ2v) is 8.52. The van der Waals surface area contributed by atoms with Crippen molar-refractivity contribution in [1.82, 2.24) is 14.5 Å². The zero-order valence-corrected chi connectivity index (χ0v) is 17.8. The summed E-state index contributed by atoms with van der Waals surface area (Å²) in [5, 5.41) is 4.06. The minimum absolute atomic E-state index is 0.0615. The largest absolute Gasteiger partial charge is 0.384 e. The smallest absolute Gasteiger partial charge is 0.275 e. The molecule has 0 saturated carbocycles. The number of rotatable bonds is 6. The molecule has 0 fully saturated rings. The van der Waals surface area contributed by atoms with Crippen LogP contribution in [-0.2, 0) is 0 Å². The molecule has 148 valence electrons. The molecule has 0 atom stereocenters. The van der Waals surface area contributed by atoms with E-state index in [9.17, 15) is 4.79 Å². The highest BCUT2D eigenvalue weighted by molar-refractivity contribution is 7.22. The number of anilines is 1. The van der Waals surface area contributed by atoms with E-state index in [2.05, 4.69) is 15.2 Å². The summed E-state index contributed by atoms with van der Waals surface area (Å²) >= 11 is 7.43. The summed E-state index contributed by atoms with van der Waals surface area (Å²) in [6.45, 7) is 1.82. The van der Waals surface area contributed by atoms with Crippen molar-refractivity contribution in [2.45, 2.75) is 0 Å². The zero-order chi connectivity index (χ0) is 20.4. The second kappa shape index (κ2) is 8.37. The lowest BCUT2D eigenvalue weighted by atomic mass is 10.2. The third-order valence-corrected chi connectivity index (χ3v) is 6.01. The van der Waals surface area contributed by atoms with E-state index in [1.165, 1.54) is 11.3 Å². The quantitative estimate of drug-likeness (QED) is 0.485. The fraction of sp³-hybridized carbons (Fsp3) is 0.182. The molecule has 0 amide bonds. The first-order valence-electron chi connectivity index (χ1n) is 9.27. The van der Waals surface area contributed by atoms with E-state index in [-0.39, 0.29) is 5.56 Å². The Labute approximate surface area is 178 Å². The topological polar surface area (TPSA) is 50.2 Å². The van der Waals surface area contributed by atoms with Gasteiger partial charge in [-0.15, -0.1) is 11.3 Å². The monoisotopic (exact) mass is 424 g/mol. The van der Waals surface area contributed by atoms with E-state index in [4.69, 9.17) is 11.6 Å². The Morgan fingerprint density at radius 1 is 1.10 bits per heavy atom. The van der Waals surface area contributed by atoms with Crippen LogP contribution in [0.1, 0.15) is 0 Å². The summed E-state index contributed by atoms with van der Waals surface area (Å²) in [7, 11) is 4.09. The van der Waals surface area contributed by atoms with Gasteiger partial charge < -0.3 is 10.2 Å². The maximum absolute atomic E-state index is 13.1. The second-order valence-electron chi connectivity index (χ2n) is 7.03. The Kier molecular flexibility index (Phi) is 5.67. The van der Waals surface area contributed by atoms with Crippen molar-refractivity contribution >= 4 is 38.8 Å². The highest BCUT2D eigenvalue weighted by Crippen LogP contribution is 2.31. The predicted octanol–water partition coefficient (Wildman–Crippen LogP) is 4.74. The Balaban J connectivity index is 1.62. The predicted molar refractivity (Wildman–Crippen MR) is 123 cm³/mol. The lowest BCUT2D eigenvalue weighted by Gasteiger charge is -2.12. The van der Waals surface area contributed by atoms with Crippen LogP contribution in [0.4, 0.5) is 5.69 Å². The molecule has 2 aromatic carbocycles. The molecule has 29 heavy (non-hydrogen) atoms. The molecule has 5 nitrogen and oxygen atoms in total. The van der Waals surface area contributed by atoms with E-state index < -0.39 is 0 Å². The SMILES string of the molecule is CN(C)CCNc1ccc(-n2cnc3cc(-c4ccc(Cl)cc4)sc3c2=O)cc1. The molecule has 2 aromatic heterocycles. The minimum atomic E-state index is -0.0615. The van der Waals surface area contributed by atoms with Gasteiger partial charge in [0.25, 0.3) is 5.56 Å². The molecule has 0 aliphatic rings. The van der Waals surface area contributed by atoms with E-state index in [1.807, 2.05) is 68.7 Å².